The number of nitrogens with two attached hydrogens (primary N) is 1. The van der Waals surface area contributed by atoms with Crippen molar-refractivity contribution in [3.8, 4) is 0 Å². The molecule has 1 heterocycles. The fraction of sp³-hybridized carbons (Fsp3) is 0.900. The summed E-state index contributed by atoms with van der Waals surface area (Å²) in [6.07, 6.45) is 2.85. The number of amides is 1. The topological polar surface area (TPSA) is 70.4 Å². The molecule has 1 fully saturated rings. The molecule has 1 saturated heterocycles. The van der Waals surface area contributed by atoms with Gasteiger partial charge in [0, 0.05) is 19.0 Å². The average molecular weight is 214 g/mol. The molecule has 1 aliphatic rings. The molecular formula is C10H22N4O. The van der Waals surface area contributed by atoms with Gasteiger partial charge in [-0.2, -0.15) is 0 Å². The van der Waals surface area contributed by atoms with Gasteiger partial charge in [0.15, 0.2) is 0 Å². The number of rotatable bonds is 5. The van der Waals surface area contributed by atoms with Gasteiger partial charge in [-0.3, -0.25) is 10.2 Å². The molecule has 0 bridgehead atoms. The van der Waals surface area contributed by atoms with Gasteiger partial charge in [-0.25, -0.2) is 5.84 Å². The second-order valence-electron chi connectivity index (χ2n) is 3.93. The molecule has 15 heavy (non-hydrogen) atoms. The lowest BCUT2D eigenvalue weighted by Crippen LogP contribution is -2.44. The van der Waals surface area contributed by atoms with Crippen molar-refractivity contribution in [2.45, 2.75) is 32.2 Å². The summed E-state index contributed by atoms with van der Waals surface area (Å²) < 4.78 is 0. The third-order valence-corrected chi connectivity index (χ3v) is 3.02. The summed E-state index contributed by atoms with van der Waals surface area (Å²) in [5.74, 6) is 4.97. The van der Waals surface area contributed by atoms with E-state index in [1.807, 2.05) is 0 Å². The van der Waals surface area contributed by atoms with Crippen LogP contribution < -0.4 is 16.6 Å². The van der Waals surface area contributed by atoms with E-state index >= 15 is 0 Å². The Morgan fingerprint density at radius 1 is 1.53 bits per heavy atom. The van der Waals surface area contributed by atoms with Gasteiger partial charge in [0.1, 0.15) is 0 Å². The van der Waals surface area contributed by atoms with Crippen LogP contribution in [0.1, 0.15) is 26.2 Å². The Labute approximate surface area is 91.3 Å². The third kappa shape index (κ3) is 4.15. The maximum absolute atomic E-state index is 11.0. The lowest BCUT2D eigenvalue weighted by atomic mass is 10.0. The fourth-order valence-corrected chi connectivity index (χ4v) is 2.09. The van der Waals surface area contributed by atoms with Crippen molar-refractivity contribution < 1.29 is 4.79 Å². The van der Waals surface area contributed by atoms with Crippen LogP contribution in [0.3, 0.4) is 0 Å². The quantitative estimate of drug-likeness (QED) is 0.326. The van der Waals surface area contributed by atoms with Crippen molar-refractivity contribution in [3.63, 3.8) is 0 Å². The third-order valence-electron chi connectivity index (χ3n) is 3.02. The minimum Gasteiger partial charge on any atom is -0.317 e. The van der Waals surface area contributed by atoms with Gasteiger partial charge < -0.3 is 10.2 Å². The van der Waals surface area contributed by atoms with Crippen LogP contribution >= 0.6 is 0 Å². The van der Waals surface area contributed by atoms with Crippen molar-refractivity contribution in [2.24, 2.45) is 5.84 Å². The zero-order valence-electron chi connectivity index (χ0n) is 9.46. The number of carbonyl (C=O) groups excluding carboxylic acids is 1. The van der Waals surface area contributed by atoms with Crippen molar-refractivity contribution in [2.75, 3.05) is 26.2 Å². The molecule has 1 amide bonds. The van der Waals surface area contributed by atoms with Gasteiger partial charge >= 0.3 is 0 Å². The summed E-state index contributed by atoms with van der Waals surface area (Å²) in [5.41, 5.74) is 2.17. The minimum absolute atomic E-state index is 0.0811. The van der Waals surface area contributed by atoms with Gasteiger partial charge in [0.2, 0.25) is 5.91 Å². The van der Waals surface area contributed by atoms with Crippen LogP contribution in [-0.2, 0) is 4.79 Å². The van der Waals surface area contributed by atoms with Gasteiger partial charge in [-0.05, 0) is 32.5 Å². The van der Waals surface area contributed by atoms with Crippen LogP contribution in [-0.4, -0.2) is 43.0 Å². The number of nitrogens with zero attached hydrogens (tertiary/aromatic N) is 1. The predicted octanol–water partition coefficient (Wildman–Crippen LogP) is -0.560. The molecule has 0 saturated carbocycles. The van der Waals surface area contributed by atoms with E-state index in [0.717, 1.165) is 26.2 Å². The molecule has 0 aromatic carbocycles. The molecule has 0 radical (unpaired) electrons. The zero-order valence-corrected chi connectivity index (χ0v) is 9.46. The van der Waals surface area contributed by atoms with Gasteiger partial charge in [-0.1, -0.05) is 6.92 Å². The summed E-state index contributed by atoms with van der Waals surface area (Å²) in [5, 5.41) is 3.34. The van der Waals surface area contributed by atoms with E-state index < -0.39 is 0 Å². The van der Waals surface area contributed by atoms with Crippen molar-refractivity contribution in [1.29, 1.82) is 0 Å². The standard InChI is InChI=1S/C10H22N4O/c1-2-14(8-5-10(15)13-11)9-3-6-12-7-4-9/h9,12H,2-8,11H2,1H3,(H,13,15). The second-order valence-corrected chi connectivity index (χ2v) is 3.93. The number of carbonyl (C=O) groups is 1. The summed E-state index contributed by atoms with van der Waals surface area (Å²) in [4.78, 5) is 13.4. The number of piperidine rings is 1. The van der Waals surface area contributed by atoms with Crippen LogP contribution in [0.25, 0.3) is 0 Å². The highest BCUT2D eigenvalue weighted by atomic mass is 16.2. The van der Waals surface area contributed by atoms with Crippen molar-refractivity contribution >= 4 is 5.91 Å². The fourth-order valence-electron chi connectivity index (χ4n) is 2.09. The average Bonchev–Trinajstić information content (AvgIpc) is 2.31. The summed E-state index contributed by atoms with van der Waals surface area (Å²) in [6, 6.07) is 0.627. The maximum Gasteiger partial charge on any atom is 0.235 e. The first kappa shape index (κ1) is 12.4. The van der Waals surface area contributed by atoms with E-state index in [0.29, 0.717) is 12.5 Å². The maximum atomic E-state index is 11.0. The number of hydrazine groups is 1. The predicted molar refractivity (Wildman–Crippen MR) is 60.1 cm³/mol. The SMILES string of the molecule is CCN(CCC(=O)NN)C1CCNCC1. The van der Waals surface area contributed by atoms with Crippen molar-refractivity contribution in [3.05, 3.63) is 0 Å². The lowest BCUT2D eigenvalue weighted by molar-refractivity contribution is -0.121. The largest absolute Gasteiger partial charge is 0.317 e. The summed E-state index contributed by atoms with van der Waals surface area (Å²) in [7, 11) is 0. The zero-order chi connectivity index (χ0) is 11.1. The second kappa shape index (κ2) is 6.76. The number of hydrogen-bond donors (Lipinski definition) is 3. The molecule has 1 rings (SSSR count). The van der Waals surface area contributed by atoms with Crippen molar-refractivity contribution in [1.82, 2.24) is 15.6 Å². The highest BCUT2D eigenvalue weighted by Crippen LogP contribution is 2.11. The monoisotopic (exact) mass is 214 g/mol. The minimum atomic E-state index is -0.0811. The van der Waals surface area contributed by atoms with Gasteiger partial charge in [0.05, 0.1) is 0 Å². The number of nitrogens with one attached hydrogen (secondary N) is 2. The summed E-state index contributed by atoms with van der Waals surface area (Å²) in [6.45, 7) is 6.13. The Hall–Kier alpha value is -0.650. The highest BCUT2D eigenvalue weighted by Gasteiger charge is 2.19. The van der Waals surface area contributed by atoms with Crippen LogP contribution in [0, 0.1) is 0 Å². The first-order valence-corrected chi connectivity index (χ1v) is 5.72. The van der Waals surface area contributed by atoms with E-state index in [-0.39, 0.29) is 5.91 Å². The van der Waals surface area contributed by atoms with E-state index in [9.17, 15) is 4.79 Å². The Kier molecular flexibility index (Phi) is 5.60. The molecule has 0 unspecified atom stereocenters. The van der Waals surface area contributed by atoms with Crippen LogP contribution in [0.15, 0.2) is 0 Å². The summed E-state index contributed by atoms with van der Waals surface area (Å²) >= 11 is 0. The molecule has 4 N–H and O–H groups in total. The van der Waals surface area contributed by atoms with Gasteiger partial charge in [-0.15, -0.1) is 0 Å². The molecule has 5 heteroatoms. The Morgan fingerprint density at radius 3 is 2.73 bits per heavy atom. The normalized spacial score (nSPS) is 18.1. The smallest absolute Gasteiger partial charge is 0.235 e. The van der Waals surface area contributed by atoms with Crippen LogP contribution in [0.4, 0.5) is 0 Å². The first-order chi connectivity index (χ1) is 7.27. The van der Waals surface area contributed by atoms with E-state index in [1.54, 1.807) is 0 Å². The molecule has 0 aliphatic carbocycles. The Morgan fingerprint density at radius 2 is 2.20 bits per heavy atom. The molecule has 0 atom stereocenters. The highest BCUT2D eigenvalue weighted by molar-refractivity contribution is 5.75. The molecule has 5 nitrogen and oxygen atoms in total. The van der Waals surface area contributed by atoms with Crippen LogP contribution in [0.5, 0.6) is 0 Å². The molecule has 0 spiro atoms. The Bertz CT molecular complexity index is 192. The first-order valence-electron chi connectivity index (χ1n) is 5.72. The van der Waals surface area contributed by atoms with E-state index in [4.69, 9.17) is 5.84 Å². The molecule has 0 aromatic rings. The molecule has 88 valence electrons. The van der Waals surface area contributed by atoms with Crippen LogP contribution in [0.2, 0.25) is 0 Å². The lowest BCUT2D eigenvalue weighted by Gasteiger charge is -2.33. The number of hydrogen-bond acceptors (Lipinski definition) is 4. The van der Waals surface area contributed by atoms with E-state index in [2.05, 4.69) is 22.6 Å². The molecule has 1 aliphatic heterocycles. The van der Waals surface area contributed by atoms with Gasteiger partial charge in [0.25, 0.3) is 0 Å². The Balaban J connectivity index is 2.30. The molecule has 0 aromatic heterocycles. The van der Waals surface area contributed by atoms with E-state index in [1.165, 1.54) is 12.8 Å². The molecular weight excluding hydrogens is 192 g/mol.